The number of carboxylic acid groups (broad SMARTS) is 2. The molecule has 221 valence electrons. The van der Waals surface area contributed by atoms with Gasteiger partial charge in [-0.05, 0) is 68.4 Å². The summed E-state index contributed by atoms with van der Waals surface area (Å²) in [5.41, 5.74) is -1.66. The zero-order chi connectivity index (χ0) is 30.7. The number of aliphatic carboxylic acids is 2. The number of alkyl halides is 6. The standard InChI is InChI=1S/C22H14F6N2O2.2C2H4O2.Co/c23-21(24,25)15-4-6-19(31)13(8-15)11-29-17-2-1-3-18(10-17)30-12-14-9-16(22(26,27)28)5-7-20(14)32;2*1-2(3)4;/h1-12,31-32H;2*1H3,(H,3,4);/q;;;+2/p-2. The van der Waals surface area contributed by atoms with Gasteiger partial charge in [-0.25, -0.2) is 0 Å². The fourth-order valence-corrected chi connectivity index (χ4v) is 2.61. The molecule has 0 aliphatic carbocycles. The van der Waals surface area contributed by atoms with Crippen molar-refractivity contribution in [1.29, 1.82) is 0 Å². The van der Waals surface area contributed by atoms with Gasteiger partial charge < -0.3 is 30.0 Å². The molecule has 0 spiro atoms. The molecule has 1 radical (unpaired) electrons. The Bertz CT molecular complexity index is 1280. The minimum Gasteiger partial charge on any atom is -0.550 e. The number of benzene rings is 3. The summed E-state index contributed by atoms with van der Waals surface area (Å²) in [6.07, 6.45) is -7.07. The van der Waals surface area contributed by atoms with Crippen LogP contribution in [-0.2, 0) is 38.7 Å². The molecule has 15 heteroatoms. The molecular formula is C26H20CoF6N2O6. The molecular weight excluding hydrogens is 609 g/mol. The largest absolute Gasteiger partial charge is 2.00 e. The number of aliphatic imine (C=N–C) groups is 2. The average molecular weight is 629 g/mol. The van der Waals surface area contributed by atoms with Gasteiger partial charge in [-0.2, -0.15) is 26.3 Å². The van der Waals surface area contributed by atoms with Gasteiger partial charge in [0.05, 0.1) is 22.5 Å². The molecule has 0 saturated carbocycles. The number of aromatic hydroxyl groups is 2. The Morgan fingerprint density at radius 3 is 1.29 bits per heavy atom. The minimum absolute atomic E-state index is 0. The van der Waals surface area contributed by atoms with Crippen molar-refractivity contribution in [2.24, 2.45) is 9.98 Å². The van der Waals surface area contributed by atoms with Crippen LogP contribution in [0, 0.1) is 0 Å². The van der Waals surface area contributed by atoms with Crippen molar-refractivity contribution in [2.45, 2.75) is 26.2 Å². The molecule has 0 amide bonds. The van der Waals surface area contributed by atoms with Crippen molar-refractivity contribution in [3.63, 3.8) is 0 Å². The predicted molar refractivity (Wildman–Crippen MR) is 129 cm³/mol. The van der Waals surface area contributed by atoms with Crippen molar-refractivity contribution in [2.75, 3.05) is 0 Å². The van der Waals surface area contributed by atoms with Crippen LogP contribution in [0.25, 0.3) is 0 Å². The van der Waals surface area contributed by atoms with E-state index in [9.17, 15) is 36.6 Å². The zero-order valence-electron chi connectivity index (χ0n) is 21.0. The summed E-state index contributed by atoms with van der Waals surface area (Å²) in [4.78, 5) is 25.8. The normalized spacial score (nSPS) is 11.1. The quantitative estimate of drug-likeness (QED) is 0.328. The Kier molecular flexibility index (Phi) is 14.3. The predicted octanol–water partition coefficient (Wildman–Crippen LogP) is 4.15. The van der Waals surface area contributed by atoms with Crippen LogP contribution in [0.4, 0.5) is 37.7 Å². The van der Waals surface area contributed by atoms with E-state index >= 15 is 0 Å². The first-order valence-electron chi connectivity index (χ1n) is 10.7. The minimum atomic E-state index is -4.58. The Morgan fingerprint density at radius 1 is 0.683 bits per heavy atom. The van der Waals surface area contributed by atoms with Crippen molar-refractivity contribution < 1.29 is 73.1 Å². The summed E-state index contributed by atoms with van der Waals surface area (Å²) in [5, 5.41) is 37.3. The van der Waals surface area contributed by atoms with E-state index in [4.69, 9.17) is 19.8 Å². The van der Waals surface area contributed by atoms with Crippen molar-refractivity contribution in [1.82, 2.24) is 0 Å². The average Bonchev–Trinajstić information content (AvgIpc) is 2.81. The third-order valence-electron chi connectivity index (χ3n) is 4.24. The Morgan fingerprint density at radius 2 is 1.00 bits per heavy atom. The number of carbonyl (C=O) groups is 2. The molecule has 0 saturated heterocycles. The topological polar surface area (TPSA) is 145 Å². The van der Waals surface area contributed by atoms with E-state index in [2.05, 4.69) is 9.98 Å². The van der Waals surface area contributed by atoms with Crippen LogP contribution in [-0.4, -0.2) is 34.6 Å². The molecule has 0 bridgehead atoms. The fourth-order valence-electron chi connectivity index (χ4n) is 2.61. The zero-order valence-corrected chi connectivity index (χ0v) is 22.0. The van der Waals surface area contributed by atoms with Crippen LogP contribution in [0.3, 0.4) is 0 Å². The van der Waals surface area contributed by atoms with Gasteiger partial charge in [-0.15, -0.1) is 0 Å². The maximum atomic E-state index is 12.8. The number of rotatable bonds is 4. The number of hydrogen-bond donors (Lipinski definition) is 2. The second-order valence-electron chi connectivity index (χ2n) is 7.56. The Labute approximate surface area is 239 Å². The second kappa shape index (κ2) is 16.0. The molecule has 0 aliphatic rings. The van der Waals surface area contributed by atoms with Crippen molar-refractivity contribution in [3.8, 4) is 11.5 Å². The van der Waals surface area contributed by atoms with Gasteiger partial charge >= 0.3 is 29.1 Å². The van der Waals surface area contributed by atoms with E-state index < -0.39 is 46.9 Å². The number of carboxylic acids is 2. The number of hydrogen-bond acceptors (Lipinski definition) is 8. The molecule has 0 heterocycles. The maximum absolute atomic E-state index is 12.8. The molecule has 0 fully saturated rings. The number of phenolic OH excluding ortho intramolecular Hbond substituents is 2. The summed E-state index contributed by atoms with van der Waals surface area (Å²) in [7, 11) is 0. The van der Waals surface area contributed by atoms with Gasteiger partial charge in [0.15, 0.2) is 0 Å². The molecule has 41 heavy (non-hydrogen) atoms. The van der Waals surface area contributed by atoms with Gasteiger partial charge in [0.25, 0.3) is 0 Å². The van der Waals surface area contributed by atoms with E-state index in [1.54, 1.807) is 0 Å². The van der Waals surface area contributed by atoms with Gasteiger partial charge in [0, 0.05) is 35.5 Å². The number of carbonyl (C=O) groups excluding carboxylic acids is 2. The third-order valence-corrected chi connectivity index (χ3v) is 4.24. The summed E-state index contributed by atoms with van der Waals surface area (Å²) in [6.45, 7) is 1.94. The molecule has 0 atom stereocenters. The molecule has 2 N–H and O–H groups in total. The van der Waals surface area contributed by atoms with E-state index in [0.29, 0.717) is 0 Å². The Hall–Kier alpha value is -4.37. The second-order valence-corrected chi connectivity index (χ2v) is 7.56. The molecule has 8 nitrogen and oxygen atoms in total. The summed E-state index contributed by atoms with van der Waals surface area (Å²) >= 11 is 0. The summed E-state index contributed by atoms with van der Waals surface area (Å²) in [6, 6.07) is 10.8. The van der Waals surface area contributed by atoms with Gasteiger partial charge in [0.2, 0.25) is 0 Å². The van der Waals surface area contributed by atoms with E-state index in [0.717, 1.165) is 62.7 Å². The van der Waals surface area contributed by atoms with Gasteiger partial charge in [-0.3, -0.25) is 9.98 Å². The number of halogens is 6. The third kappa shape index (κ3) is 14.0. The molecule has 0 aromatic heterocycles. The Balaban J connectivity index is 0.00000158. The smallest absolute Gasteiger partial charge is 0.550 e. The van der Waals surface area contributed by atoms with Crippen LogP contribution in [0.2, 0.25) is 0 Å². The maximum Gasteiger partial charge on any atom is 2.00 e. The van der Waals surface area contributed by atoms with E-state index in [-0.39, 0.29) is 39.3 Å². The molecule has 3 rings (SSSR count). The van der Waals surface area contributed by atoms with Crippen LogP contribution in [0.1, 0.15) is 36.1 Å². The van der Waals surface area contributed by atoms with Crippen LogP contribution in [0.5, 0.6) is 11.5 Å². The van der Waals surface area contributed by atoms with Crippen LogP contribution >= 0.6 is 0 Å². The molecule has 0 aliphatic heterocycles. The van der Waals surface area contributed by atoms with Crippen LogP contribution < -0.4 is 10.2 Å². The first kappa shape index (κ1) is 36.6. The van der Waals surface area contributed by atoms with Crippen LogP contribution in [0.15, 0.2) is 70.6 Å². The SMILES string of the molecule is CC(=O)[O-].CC(=O)[O-].Oc1ccc(C(F)(F)F)cc1C=Nc1cccc(N=Cc2cc(C(F)(F)F)ccc2O)c1.[Co+2]. The summed E-state index contributed by atoms with van der Waals surface area (Å²) in [5.74, 6) is -2.95. The first-order chi connectivity index (χ1) is 18.4. The summed E-state index contributed by atoms with van der Waals surface area (Å²) < 4.78 is 77.0. The molecule has 3 aromatic rings. The van der Waals surface area contributed by atoms with Crippen molar-refractivity contribution >= 4 is 35.7 Å². The number of nitrogens with zero attached hydrogens (tertiary/aromatic N) is 2. The number of phenols is 2. The van der Waals surface area contributed by atoms with E-state index in [1.807, 2.05) is 0 Å². The molecule has 3 aromatic carbocycles. The fraction of sp³-hybridized carbons (Fsp3) is 0.154. The van der Waals surface area contributed by atoms with E-state index in [1.165, 1.54) is 24.3 Å². The monoisotopic (exact) mass is 629 g/mol. The molecule has 0 unspecified atom stereocenters. The first-order valence-corrected chi connectivity index (χ1v) is 10.7. The van der Waals surface area contributed by atoms with Gasteiger partial charge in [-0.1, -0.05) is 6.07 Å². The van der Waals surface area contributed by atoms with Crippen molar-refractivity contribution in [3.05, 3.63) is 82.9 Å². The van der Waals surface area contributed by atoms with Gasteiger partial charge in [0.1, 0.15) is 11.5 Å².